The largest absolute Gasteiger partial charge is 0.489 e. The van der Waals surface area contributed by atoms with Crippen LogP contribution in [0.5, 0.6) is 5.75 Å². The van der Waals surface area contributed by atoms with Crippen molar-refractivity contribution in [2.75, 3.05) is 5.43 Å². The summed E-state index contributed by atoms with van der Waals surface area (Å²) < 4.78 is 5.81. The van der Waals surface area contributed by atoms with E-state index in [1.807, 2.05) is 75.4 Å². The lowest BCUT2D eigenvalue weighted by molar-refractivity contribution is 0.306. The number of para-hydroxylation sites is 1. The maximum atomic E-state index is 12.1. The zero-order valence-corrected chi connectivity index (χ0v) is 16.1. The van der Waals surface area contributed by atoms with Gasteiger partial charge in [0.1, 0.15) is 18.1 Å². The smallest absolute Gasteiger partial charge is 0.274 e. The molecule has 1 heterocycles. The summed E-state index contributed by atoms with van der Waals surface area (Å²) in [7, 11) is 0. The summed E-state index contributed by atoms with van der Waals surface area (Å²) in [5, 5.41) is 12.1. The second-order valence-corrected chi connectivity index (χ2v) is 7.27. The van der Waals surface area contributed by atoms with Crippen molar-refractivity contribution >= 4 is 12.2 Å². The Balaban J connectivity index is 1.68. The van der Waals surface area contributed by atoms with Crippen LogP contribution in [0.4, 0.5) is 5.95 Å². The van der Waals surface area contributed by atoms with E-state index < -0.39 is 0 Å². The minimum atomic E-state index is -0.375. The number of benzene rings is 2. The van der Waals surface area contributed by atoms with Crippen LogP contribution in [-0.4, -0.2) is 21.4 Å². The molecule has 3 aromatic rings. The average molecular weight is 377 g/mol. The fraction of sp³-hybridized carbons (Fsp3) is 0.238. The molecule has 28 heavy (non-hydrogen) atoms. The third-order valence-electron chi connectivity index (χ3n) is 3.97. The maximum absolute atomic E-state index is 12.1. The number of hydrogen-bond donors (Lipinski definition) is 2. The molecule has 0 aliphatic rings. The Bertz CT molecular complexity index is 1010. The normalized spacial score (nSPS) is 11.5. The van der Waals surface area contributed by atoms with E-state index in [0.717, 1.165) is 16.9 Å². The predicted octanol–water partition coefficient (Wildman–Crippen LogP) is 3.49. The molecule has 0 atom stereocenters. The van der Waals surface area contributed by atoms with Crippen LogP contribution in [0.1, 0.15) is 37.6 Å². The summed E-state index contributed by atoms with van der Waals surface area (Å²) in [6.45, 7) is 6.15. The number of rotatable bonds is 6. The number of nitrogens with one attached hydrogen (secondary N) is 2. The molecule has 3 rings (SSSR count). The number of ether oxygens (including phenoxy) is 1. The second-order valence-electron chi connectivity index (χ2n) is 7.27. The van der Waals surface area contributed by atoms with Gasteiger partial charge in [0.2, 0.25) is 5.95 Å². The Morgan fingerprint density at radius 1 is 1.07 bits per heavy atom. The molecule has 0 amide bonds. The van der Waals surface area contributed by atoms with E-state index in [1.54, 1.807) is 6.21 Å². The van der Waals surface area contributed by atoms with Crippen molar-refractivity contribution < 1.29 is 4.74 Å². The molecule has 0 aliphatic heterocycles. The standard InChI is InChI=1S/C21H23N5O2/c1-21(2,3)18-19(27)23-20(26-24-18)25-22-13-15-9-7-8-10-16(15)14-28-17-11-5-4-6-12-17/h4-13H,14H2,1-3H3,(H2,23,25,26,27)/b22-13+. The van der Waals surface area contributed by atoms with Crippen LogP contribution in [0.25, 0.3) is 0 Å². The summed E-state index contributed by atoms with van der Waals surface area (Å²) >= 11 is 0. The van der Waals surface area contributed by atoms with E-state index >= 15 is 0 Å². The molecule has 7 nitrogen and oxygen atoms in total. The van der Waals surface area contributed by atoms with Gasteiger partial charge in [-0.05, 0) is 17.7 Å². The highest BCUT2D eigenvalue weighted by atomic mass is 16.5. The van der Waals surface area contributed by atoms with Crippen LogP contribution < -0.4 is 15.7 Å². The number of nitrogens with zero attached hydrogens (tertiary/aromatic N) is 3. The summed E-state index contributed by atoms with van der Waals surface area (Å²) in [5.74, 6) is 0.992. The number of aromatic amines is 1. The van der Waals surface area contributed by atoms with Gasteiger partial charge in [-0.2, -0.15) is 5.10 Å². The molecule has 0 saturated carbocycles. The SMILES string of the molecule is CC(C)(C)c1nnc(N/N=C/c2ccccc2COc2ccccc2)[nH]c1=O. The van der Waals surface area contributed by atoms with Crippen LogP contribution in [0.15, 0.2) is 64.5 Å². The van der Waals surface area contributed by atoms with Crippen LogP contribution in [0, 0.1) is 0 Å². The first-order chi connectivity index (χ1) is 13.4. The molecular weight excluding hydrogens is 354 g/mol. The van der Waals surface area contributed by atoms with E-state index in [2.05, 4.69) is 25.7 Å². The topological polar surface area (TPSA) is 92.3 Å². The minimum absolute atomic E-state index is 0.187. The highest BCUT2D eigenvalue weighted by Crippen LogP contribution is 2.15. The highest BCUT2D eigenvalue weighted by molar-refractivity contribution is 5.82. The molecule has 0 bridgehead atoms. The van der Waals surface area contributed by atoms with Crippen molar-refractivity contribution in [1.29, 1.82) is 0 Å². The molecule has 144 valence electrons. The van der Waals surface area contributed by atoms with E-state index in [4.69, 9.17) is 4.74 Å². The van der Waals surface area contributed by atoms with E-state index in [1.165, 1.54) is 0 Å². The summed E-state index contributed by atoms with van der Waals surface area (Å²) in [4.78, 5) is 14.8. The summed E-state index contributed by atoms with van der Waals surface area (Å²) in [6, 6.07) is 17.4. The van der Waals surface area contributed by atoms with Gasteiger partial charge in [-0.1, -0.05) is 63.2 Å². The average Bonchev–Trinajstić information content (AvgIpc) is 2.67. The van der Waals surface area contributed by atoms with Crippen molar-refractivity contribution in [3.05, 3.63) is 81.8 Å². The van der Waals surface area contributed by atoms with Gasteiger partial charge < -0.3 is 4.74 Å². The van der Waals surface area contributed by atoms with Crippen molar-refractivity contribution in [3.63, 3.8) is 0 Å². The third-order valence-corrected chi connectivity index (χ3v) is 3.97. The Morgan fingerprint density at radius 2 is 1.79 bits per heavy atom. The van der Waals surface area contributed by atoms with Gasteiger partial charge in [0.05, 0.1) is 6.21 Å². The van der Waals surface area contributed by atoms with E-state index in [9.17, 15) is 4.79 Å². The number of anilines is 1. The number of H-pyrrole nitrogens is 1. The first-order valence-corrected chi connectivity index (χ1v) is 8.96. The Kier molecular flexibility index (Phi) is 5.84. The lowest BCUT2D eigenvalue weighted by Crippen LogP contribution is -2.28. The molecular formula is C21H23N5O2. The number of hydrogen-bond acceptors (Lipinski definition) is 6. The lowest BCUT2D eigenvalue weighted by atomic mass is 9.93. The molecule has 1 aromatic heterocycles. The van der Waals surface area contributed by atoms with Gasteiger partial charge in [-0.25, -0.2) is 5.43 Å². The summed E-state index contributed by atoms with van der Waals surface area (Å²) in [6.07, 6.45) is 1.65. The Hall–Kier alpha value is -3.48. The van der Waals surface area contributed by atoms with Crippen LogP contribution in [0.3, 0.4) is 0 Å². The lowest BCUT2D eigenvalue weighted by Gasteiger charge is -2.15. The van der Waals surface area contributed by atoms with Crippen LogP contribution in [0.2, 0.25) is 0 Å². The Labute approximate surface area is 163 Å². The van der Waals surface area contributed by atoms with E-state index in [0.29, 0.717) is 12.3 Å². The first-order valence-electron chi connectivity index (χ1n) is 8.96. The first kappa shape index (κ1) is 19.3. The van der Waals surface area contributed by atoms with Crippen molar-refractivity contribution in [3.8, 4) is 5.75 Å². The molecule has 0 saturated heterocycles. The van der Waals surface area contributed by atoms with Gasteiger partial charge in [0.25, 0.3) is 5.56 Å². The van der Waals surface area contributed by atoms with Gasteiger partial charge in [0, 0.05) is 11.0 Å². The zero-order valence-electron chi connectivity index (χ0n) is 16.1. The zero-order chi connectivity index (χ0) is 20.0. The fourth-order valence-electron chi connectivity index (χ4n) is 2.51. The second kappa shape index (κ2) is 8.47. The molecule has 0 aliphatic carbocycles. The van der Waals surface area contributed by atoms with E-state index in [-0.39, 0.29) is 16.9 Å². The third kappa shape index (κ3) is 5.03. The molecule has 7 heteroatoms. The monoisotopic (exact) mass is 377 g/mol. The molecule has 0 unspecified atom stereocenters. The molecule has 2 N–H and O–H groups in total. The van der Waals surface area contributed by atoms with Gasteiger partial charge in [-0.15, -0.1) is 10.2 Å². The molecule has 2 aromatic carbocycles. The summed E-state index contributed by atoms with van der Waals surface area (Å²) in [5.41, 5.74) is 4.32. The van der Waals surface area contributed by atoms with Crippen molar-refractivity contribution in [2.45, 2.75) is 32.8 Å². The molecule has 0 spiro atoms. The van der Waals surface area contributed by atoms with Crippen LogP contribution >= 0.6 is 0 Å². The molecule has 0 fully saturated rings. The van der Waals surface area contributed by atoms with Crippen molar-refractivity contribution in [2.24, 2.45) is 5.10 Å². The van der Waals surface area contributed by atoms with Crippen LogP contribution in [-0.2, 0) is 12.0 Å². The van der Waals surface area contributed by atoms with Gasteiger partial charge in [-0.3, -0.25) is 9.78 Å². The molecule has 0 radical (unpaired) electrons. The minimum Gasteiger partial charge on any atom is -0.489 e. The number of hydrazone groups is 1. The fourth-order valence-corrected chi connectivity index (χ4v) is 2.51. The highest BCUT2D eigenvalue weighted by Gasteiger charge is 2.20. The van der Waals surface area contributed by atoms with Gasteiger partial charge in [0.15, 0.2) is 0 Å². The maximum Gasteiger partial charge on any atom is 0.274 e. The predicted molar refractivity (Wildman–Crippen MR) is 110 cm³/mol. The Morgan fingerprint density at radius 3 is 2.50 bits per heavy atom. The van der Waals surface area contributed by atoms with Crippen molar-refractivity contribution in [1.82, 2.24) is 15.2 Å². The number of aromatic nitrogens is 3. The van der Waals surface area contributed by atoms with Gasteiger partial charge >= 0.3 is 0 Å². The quantitative estimate of drug-likeness (QED) is 0.507.